The summed E-state index contributed by atoms with van der Waals surface area (Å²) in [6.45, 7) is 0. The Morgan fingerprint density at radius 3 is 2.67 bits per heavy atom. The third-order valence-electron chi connectivity index (χ3n) is 2.88. The van der Waals surface area contributed by atoms with E-state index in [-0.39, 0.29) is 11.5 Å². The van der Waals surface area contributed by atoms with Gasteiger partial charge in [-0.15, -0.1) is 11.3 Å². The van der Waals surface area contributed by atoms with Gasteiger partial charge in [0.05, 0.1) is 16.4 Å². The van der Waals surface area contributed by atoms with Gasteiger partial charge in [-0.1, -0.05) is 23.7 Å². The number of phenolic OH excluding ortho intramolecular Hbond substituents is 2. The molecule has 21 heavy (non-hydrogen) atoms. The molecule has 0 fully saturated rings. The van der Waals surface area contributed by atoms with E-state index in [4.69, 9.17) is 11.6 Å². The van der Waals surface area contributed by atoms with E-state index in [0.29, 0.717) is 21.4 Å². The summed E-state index contributed by atoms with van der Waals surface area (Å²) in [6.07, 6.45) is 0. The van der Waals surface area contributed by atoms with E-state index >= 15 is 0 Å². The predicted molar refractivity (Wildman–Crippen MR) is 85.6 cm³/mol. The van der Waals surface area contributed by atoms with E-state index in [1.807, 2.05) is 23.6 Å². The van der Waals surface area contributed by atoms with Crippen molar-refractivity contribution >= 4 is 33.8 Å². The number of hydrogen-bond acceptors (Lipinski definition) is 5. The van der Waals surface area contributed by atoms with Gasteiger partial charge in [-0.05, 0) is 24.3 Å². The van der Waals surface area contributed by atoms with E-state index in [9.17, 15) is 10.2 Å². The molecular weight excluding hydrogens is 308 g/mol. The molecule has 0 spiro atoms. The number of phenols is 2. The quantitative estimate of drug-likeness (QED) is 0.659. The Morgan fingerprint density at radius 1 is 1.10 bits per heavy atom. The Bertz CT molecular complexity index is 789. The fourth-order valence-electron chi connectivity index (χ4n) is 1.87. The van der Waals surface area contributed by atoms with Crippen LogP contribution in [0.15, 0.2) is 47.8 Å². The van der Waals surface area contributed by atoms with Crippen molar-refractivity contribution in [3.05, 3.63) is 52.9 Å². The smallest absolute Gasteiger partial charge is 0.187 e. The number of halogens is 1. The van der Waals surface area contributed by atoms with Crippen molar-refractivity contribution in [1.29, 1.82) is 0 Å². The molecule has 3 N–H and O–H groups in total. The number of para-hydroxylation sites is 1. The highest BCUT2D eigenvalue weighted by Gasteiger charge is 2.10. The van der Waals surface area contributed by atoms with Crippen LogP contribution in [0.1, 0.15) is 0 Å². The molecule has 0 saturated heterocycles. The summed E-state index contributed by atoms with van der Waals surface area (Å²) in [4.78, 5) is 4.41. The van der Waals surface area contributed by atoms with E-state index in [1.54, 1.807) is 12.1 Å². The number of nitrogens with zero attached hydrogens (tertiary/aromatic N) is 1. The lowest BCUT2D eigenvalue weighted by Gasteiger charge is -2.04. The van der Waals surface area contributed by atoms with Gasteiger partial charge in [-0.2, -0.15) is 0 Å². The first-order valence-corrected chi connectivity index (χ1v) is 7.38. The van der Waals surface area contributed by atoms with E-state index in [2.05, 4.69) is 10.3 Å². The standard InChI is InChI=1S/C15H11ClN2O2S/c16-11-3-1-2-4-12(11)17-15-18-13(8-21-15)10-6-5-9(19)7-14(10)20/h1-8,19-20H,(H,17,18). The average Bonchev–Trinajstić information content (AvgIpc) is 2.90. The molecule has 0 aliphatic carbocycles. The minimum atomic E-state index is -0.00964. The molecule has 0 bridgehead atoms. The van der Waals surface area contributed by atoms with Crippen molar-refractivity contribution in [2.45, 2.75) is 0 Å². The second kappa shape index (κ2) is 5.63. The SMILES string of the molecule is Oc1ccc(-c2csc(Nc3ccccc3Cl)n2)c(O)c1. The molecule has 0 saturated carbocycles. The van der Waals surface area contributed by atoms with Crippen LogP contribution < -0.4 is 5.32 Å². The summed E-state index contributed by atoms with van der Waals surface area (Å²) in [6, 6.07) is 11.8. The zero-order valence-electron chi connectivity index (χ0n) is 10.7. The highest BCUT2D eigenvalue weighted by molar-refractivity contribution is 7.14. The lowest BCUT2D eigenvalue weighted by Crippen LogP contribution is -1.90. The maximum atomic E-state index is 9.85. The summed E-state index contributed by atoms with van der Waals surface area (Å²) >= 11 is 7.49. The Morgan fingerprint density at radius 2 is 1.90 bits per heavy atom. The molecule has 0 amide bonds. The minimum Gasteiger partial charge on any atom is -0.508 e. The lowest BCUT2D eigenvalue weighted by molar-refractivity contribution is 0.452. The fraction of sp³-hybridized carbons (Fsp3) is 0. The first-order valence-electron chi connectivity index (χ1n) is 6.13. The Hall–Kier alpha value is -2.24. The largest absolute Gasteiger partial charge is 0.508 e. The molecule has 3 aromatic rings. The number of thiazole rings is 1. The summed E-state index contributed by atoms with van der Waals surface area (Å²) in [5.41, 5.74) is 1.97. The third-order valence-corrected chi connectivity index (χ3v) is 3.96. The molecule has 0 unspecified atom stereocenters. The zero-order chi connectivity index (χ0) is 14.8. The van der Waals surface area contributed by atoms with Gasteiger partial charge in [0.1, 0.15) is 11.5 Å². The first-order chi connectivity index (χ1) is 10.1. The summed E-state index contributed by atoms with van der Waals surface area (Å²) in [5.74, 6) is 0.00508. The number of aromatic hydroxyl groups is 2. The van der Waals surface area contributed by atoms with E-state index in [0.717, 1.165) is 5.69 Å². The second-order valence-corrected chi connectivity index (χ2v) is 5.61. The molecule has 0 aliphatic rings. The minimum absolute atomic E-state index is 0.00964. The van der Waals surface area contributed by atoms with Crippen molar-refractivity contribution < 1.29 is 10.2 Å². The van der Waals surface area contributed by atoms with Crippen LogP contribution in [0.3, 0.4) is 0 Å². The van der Waals surface area contributed by atoms with E-state index < -0.39 is 0 Å². The van der Waals surface area contributed by atoms with Gasteiger partial charge in [0.15, 0.2) is 5.13 Å². The Labute approximate surface area is 130 Å². The highest BCUT2D eigenvalue weighted by atomic mass is 35.5. The normalized spacial score (nSPS) is 10.5. The maximum Gasteiger partial charge on any atom is 0.187 e. The summed E-state index contributed by atoms with van der Waals surface area (Å²) < 4.78 is 0. The van der Waals surface area contributed by atoms with Gasteiger partial charge < -0.3 is 15.5 Å². The Kier molecular flexibility index (Phi) is 3.68. The van der Waals surface area contributed by atoms with Gasteiger partial charge in [0.25, 0.3) is 0 Å². The summed E-state index contributed by atoms with van der Waals surface area (Å²) in [5, 5.41) is 25.4. The van der Waals surface area contributed by atoms with Crippen LogP contribution >= 0.6 is 22.9 Å². The highest BCUT2D eigenvalue weighted by Crippen LogP contribution is 2.35. The third kappa shape index (κ3) is 2.94. The molecule has 4 nitrogen and oxygen atoms in total. The van der Waals surface area contributed by atoms with Gasteiger partial charge in [-0.25, -0.2) is 4.98 Å². The van der Waals surface area contributed by atoms with Crippen LogP contribution in [0.2, 0.25) is 5.02 Å². The number of nitrogens with one attached hydrogen (secondary N) is 1. The van der Waals surface area contributed by atoms with Crippen molar-refractivity contribution in [2.24, 2.45) is 0 Å². The molecule has 0 radical (unpaired) electrons. The average molecular weight is 319 g/mol. The monoisotopic (exact) mass is 318 g/mol. The number of aromatic nitrogens is 1. The van der Waals surface area contributed by atoms with Crippen molar-refractivity contribution in [3.8, 4) is 22.8 Å². The molecule has 3 rings (SSSR count). The summed E-state index contributed by atoms with van der Waals surface area (Å²) in [7, 11) is 0. The van der Waals surface area contributed by atoms with Crippen molar-refractivity contribution in [1.82, 2.24) is 4.98 Å². The molecule has 1 heterocycles. The van der Waals surface area contributed by atoms with Gasteiger partial charge >= 0.3 is 0 Å². The van der Waals surface area contributed by atoms with Gasteiger partial charge in [0, 0.05) is 17.0 Å². The molecule has 0 atom stereocenters. The van der Waals surface area contributed by atoms with Crippen LogP contribution in [0.5, 0.6) is 11.5 Å². The maximum absolute atomic E-state index is 9.85. The van der Waals surface area contributed by atoms with Crippen LogP contribution in [0.4, 0.5) is 10.8 Å². The van der Waals surface area contributed by atoms with Crippen molar-refractivity contribution in [3.63, 3.8) is 0 Å². The lowest BCUT2D eigenvalue weighted by atomic mass is 10.1. The van der Waals surface area contributed by atoms with Gasteiger partial charge in [0.2, 0.25) is 0 Å². The van der Waals surface area contributed by atoms with E-state index in [1.165, 1.54) is 23.5 Å². The number of rotatable bonds is 3. The molecule has 1 aromatic heterocycles. The van der Waals surface area contributed by atoms with Crippen LogP contribution in [0.25, 0.3) is 11.3 Å². The number of benzene rings is 2. The second-order valence-electron chi connectivity index (χ2n) is 4.34. The van der Waals surface area contributed by atoms with Crippen LogP contribution in [0, 0.1) is 0 Å². The zero-order valence-corrected chi connectivity index (χ0v) is 12.3. The predicted octanol–water partition coefficient (Wildman–Crippen LogP) is 4.62. The molecule has 6 heteroatoms. The van der Waals surface area contributed by atoms with Gasteiger partial charge in [-0.3, -0.25) is 0 Å². The molecule has 106 valence electrons. The molecule has 0 aliphatic heterocycles. The number of anilines is 2. The fourth-order valence-corrected chi connectivity index (χ4v) is 2.78. The number of hydrogen-bond donors (Lipinski definition) is 3. The molecular formula is C15H11ClN2O2S. The van der Waals surface area contributed by atoms with Crippen LogP contribution in [-0.2, 0) is 0 Å². The Balaban J connectivity index is 1.88. The molecule has 2 aromatic carbocycles. The first kappa shape index (κ1) is 13.7. The van der Waals surface area contributed by atoms with Crippen LogP contribution in [-0.4, -0.2) is 15.2 Å². The van der Waals surface area contributed by atoms with Crippen molar-refractivity contribution in [2.75, 3.05) is 5.32 Å². The topological polar surface area (TPSA) is 65.4 Å².